The molecule has 0 saturated carbocycles. The van der Waals surface area contributed by atoms with E-state index < -0.39 is 0 Å². The minimum absolute atomic E-state index is 0.484. The molecule has 0 radical (unpaired) electrons. The van der Waals surface area contributed by atoms with Crippen LogP contribution < -0.4 is 5.32 Å². The second kappa shape index (κ2) is 5.28. The van der Waals surface area contributed by atoms with E-state index in [-0.39, 0.29) is 0 Å². The Kier molecular flexibility index (Phi) is 4.30. The molecule has 0 aliphatic carbocycles. The summed E-state index contributed by atoms with van der Waals surface area (Å²) >= 11 is 0. The first-order chi connectivity index (χ1) is 6.63. The first kappa shape index (κ1) is 11.4. The lowest BCUT2D eigenvalue weighted by atomic mass is 10.0. The van der Waals surface area contributed by atoms with Crippen molar-refractivity contribution in [1.82, 2.24) is 5.32 Å². The molecule has 0 atom stereocenters. The summed E-state index contributed by atoms with van der Waals surface area (Å²) in [5.41, 5.74) is 1.31. The highest BCUT2D eigenvalue weighted by atomic mass is 16.5. The molecule has 1 rings (SSSR count). The van der Waals surface area contributed by atoms with E-state index in [1.165, 1.54) is 17.9 Å². The van der Waals surface area contributed by atoms with Crippen LogP contribution in [0.4, 0.5) is 0 Å². The van der Waals surface area contributed by atoms with Crippen molar-refractivity contribution >= 4 is 0 Å². The Morgan fingerprint density at radius 3 is 2.36 bits per heavy atom. The number of hydrogen-bond donors (Lipinski definition) is 1. The van der Waals surface area contributed by atoms with E-state index in [9.17, 15) is 0 Å². The second-order valence-corrected chi connectivity index (χ2v) is 4.57. The standard InChI is InChI=1S/C12H23NO/c1-9(2)11-12(10(3)4)14-8-6-5-7-13-11/h9-10,13H,5-8H2,1-4H3/b12-11-. The average molecular weight is 197 g/mol. The van der Waals surface area contributed by atoms with Crippen LogP contribution in [0.5, 0.6) is 0 Å². The molecule has 14 heavy (non-hydrogen) atoms. The number of ether oxygens (including phenoxy) is 1. The van der Waals surface area contributed by atoms with E-state index in [1.807, 2.05) is 0 Å². The predicted molar refractivity (Wildman–Crippen MR) is 59.9 cm³/mol. The minimum atomic E-state index is 0.484. The molecule has 0 aromatic rings. The summed E-state index contributed by atoms with van der Waals surface area (Å²) in [6, 6.07) is 0. The van der Waals surface area contributed by atoms with Gasteiger partial charge in [0, 0.05) is 12.5 Å². The largest absolute Gasteiger partial charge is 0.496 e. The van der Waals surface area contributed by atoms with Crippen molar-refractivity contribution < 1.29 is 4.74 Å². The van der Waals surface area contributed by atoms with Crippen LogP contribution in [-0.2, 0) is 4.74 Å². The minimum Gasteiger partial charge on any atom is -0.496 e. The molecule has 0 saturated heterocycles. The van der Waals surface area contributed by atoms with Gasteiger partial charge in [-0.25, -0.2) is 0 Å². The van der Waals surface area contributed by atoms with Gasteiger partial charge in [0.25, 0.3) is 0 Å². The Hall–Kier alpha value is -0.660. The van der Waals surface area contributed by atoms with Gasteiger partial charge in [0.1, 0.15) is 5.76 Å². The third-order valence-electron chi connectivity index (χ3n) is 2.51. The van der Waals surface area contributed by atoms with Gasteiger partial charge >= 0.3 is 0 Å². The van der Waals surface area contributed by atoms with E-state index in [2.05, 4.69) is 33.0 Å². The monoisotopic (exact) mass is 197 g/mol. The smallest absolute Gasteiger partial charge is 0.118 e. The first-order valence-electron chi connectivity index (χ1n) is 5.73. The topological polar surface area (TPSA) is 21.3 Å². The Bertz CT molecular complexity index is 184. The molecular formula is C12H23NO. The van der Waals surface area contributed by atoms with Gasteiger partial charge in [-0.15, -0.1) is 0 Å². The number of nitrogens with one attached hydrogen (secondary N) is 1. The van der Waals surface area contributed by atoms with Crippen molar-refractivity contribution in [2.45, 2.75) is 40.5 Å². The van der Waals surface area contributed by atoms with Crippen LogP contribution in [0.25, 0.3) is 0 Å². The van der Waals surface area contributed by atoms with Crippen molar-refractivity contribution in [1.29, 1.82) is 0 Å². The SMILES string of the molecule is CC(C)/C1=C(\C(C)C)OCCCCN1. The lowest BCUT2D eigenvalue weighted by molar-refractivity contribution is 0.165. The third kappa shape index (κ3) is 2.93. The number of allylic oxidation sites excluding steroid dienone is 2. The number of rotatable bonds is 2. The van der Waals surface area contributed by atoms with Crippen LogP contribution in [0.3, 0.4) is 0 Å². The van der Waals surface area contributed by atoms with E-state index in [1.54, 1.807) is 0 Å². The van der Waals surface area contributed by atoms with Crippen molar-refractivity contribution in [3.8, 4) is 0 Å². The average Bonchev–Trinajstić information content (AvgIpc) is 2.01. The van der Waals surface area contributed by atoms with Gasteiger partial charge in [-0.1, -0.05) is 27.7 Å². The van der Waals surface area contributed by atoms with Gasteiger partial charge in [-0.05, 0) is 18.8 Å². The Labute approximate surface area is 87.7 Å². The maximum absolute atomic E-state index is 5.84. The van der Waals surface area contributed by atoms with Gasteiger partial charge in [-0.2, -0.15) is 0 Å². The third-order valence-corrected chi connectivity index (χ3v) is 2.51. The summed E-state index contributed by atoms with van der Waals surface area (Å²) in [4.78, 5) is 0. The highest BCUT2D eigenvalue weighted by Crippen LogP contribution is 2.22. The summed E-state index contributed by atoms with van der Waals surface area (Å²) in [5, 5.41) is 3.51. The van der Waals surface area contributed by atoms with Crippen molar-refractivity contribution in [3.05, 3.63) is 11.5 Å². The fraction of sp³-hybridized carbons (Fsp3) is 0.833. The fourth-order valence-corrected chi connectivity index (χ4v) is 1.76. The quantitative estimate of drug-likeness (QED) is 0.735. The van der Waals surface area contributed by atoms with E-state index in [0.717, 1.165) is 19.6 Å². The van der Waals surface area contributed by atoms with Gasteiger partial charge in [-0.3, -0.25) is 0 Å². The molecule has 0 spiro atoms. The molecule has 0 amide bonds. The Morgan fingerprint density at radius 1 is 1.07 bits per heavy atom. The summed E-state index contributed by atoms with van der Waals surface area (Å²) in [6.07, 6.45) is 2.37. The molecule has 0 aromatic heterocycles. The van der Waals surface area contributed by atoms with Gasteiger partial charge in [0.2, 0.25) is 0 Å². The molecular weight excluding hydrogens is 174 g/mol. The summed E-state index contributed by atoms with van der Waals surface area (Å²) in [5.74, 6) is 2.18. The predicted octanol–water partition coefficient (Wildman–Crippen LogP) is 2.91. The normalized spacial score (nSPS) is 24.1. The molecule has 0 aromatic carbocycles. The maximum atomic E-state index is 5.84. The molecule has 1 aliphatic rings. The van der Waals surface area contributed by atoms with Crippen LogP contribution in [0, 0.1) is 11.8 Å². The maximum Gasteiger partial charge on any atom is 0.118 e. The van der Waals surface area contributed by atoms with E-state index in [4.69, 9.17) is 4.74 Å². The Balaban J connectivity index is 2.85. The molecule has 2 heteroatoms. The lowest BCUT2D eigenvalue weighted by Gasteiger charge is -2.25. The zero-order chi connectivity index (χ0) is 10.6. The highest BCUT2D eigenvalue weighted by Gasteiger charge is 2.16. The fourth-order valence-electron chi connectivity index (χ4n) is 1.76. The molecule has 0 fully saturated rings. The highest BCUT2D eigenvalue weighted by molar-refractivity contribution is 5.11. The molecule has 0 bridgehead atoms. The van der Waals surface area contributed by atoms with Crippen LogP contribution in [0.2, 0.25) is 0 Å². The molecule has 1 heterocycles. The van der Waals surface area contributed by atoms with Crippen LogP contribution in [0.1, 0.15) is 40.5 Å². The summed E-state index contributed by atoms with van der Waals surface area (Å²) in [6.45, 7) is 10.8. The lowest BCUT2D eigenvalue weighted by Crippen LogP contribution is -2.25. The van der Waals surface area contributed by atoms with Gasteiger partial charge in [0.05, 0.1) is 12.3 Å². The van der Waals surface area contributed by atoms with Gasteiger partial charge in [0.15, 0.2) is 0 Å². The molecule has 2 nitrogen and oxygen atoms in total. The van der Waals surface area contributed by atoms with Crippen LogP contribution >= 0.6 is 0 Å². The molecule has 0 unspecified atom stereocenters. The first-order valence-corrected chi connectivity index (χ1v) is 5.73. The summed E-state index contributed by atoms with van der Waals surface area (Å²) in [7, 11) is 0. The van der Waals surface area contributed by atoms with E-state index >= 15 is 0 Å². The molecule has 1 aliphatic heterocycles. The zero-order valence-electron chi connectivity index (χ0n) is 9.89. The van der Waals surface area contributed by atoms with Crippen molar-refractivity contribution in [2.75, 3.05) is 13.2 Å². The van der Waals surface area contributed by atoms with Gasteiger partial charge < -0.3 is 10.1 Å². The van der Waals surface area contributed by atoms with Crippen molar-refractivity contribution in [3.63, 3.8) is 0 Å². The second-order valence-electron chi connectivity index (χ2n) is 4.57. The molecule has 1 N–H and O–H groups in total. The van der Waals surface area contributed by atoms with Crippen molar-refractivity contribution in [2.24, 2.45) is 11.8 Å². The zero-order valence-corrected chi connectivity index (χ0v) is 9.89. The summed E-state index contributed by atoms with van der Waals surface area (Å²) < 4.78 is 5.84. The Morgan fingerprint density at radius 2 is 1.79 bits per heavy atom. The van der Waals surface area contributed by atoms with Crippen LogP contribution in [0.15, 0.2) is 11.5 Å². The van der Waals surface area contributed by atoms with E-state index in [0.29, 0.717) is 11.8 Å². The number of hydrogen-bond acceptors (Lipinski definition) is 2. The molecule has 82 valence electrons. The van der Waals surface area contributed by atoms with Crippen LogP contribution in [-0.4, -0.2) is 13.2 Å².